The van der Waals surface area contributed by atoms with Gasteiger partial charge in [-0.05, 0) is 42.0 Å². The van der Waals surface area contributed by atoms with Gasteiger partial charge in [-0.15, -0.1) is 0 Å². The van der Waals surface area contributed by atoms with Crippen molar-refractivity contribution in [2.24, 2.45) is 5.73 Å². The van der Waals surface area contributed by atoms with Crippen molar-refractivity contribution in [3.63, 3.8) is 0 Å². The number of hydrogen-bond donors (Lipinski definition) is 1. The first-order valence-electron chi connectivity index (χ1n) is 8.36. The smallest absolute Gasteiger partial charge is 0.259 e. The number of carbonyl (C=O) groups excluding carboxylic acids is 2. The Labute approximate surface area is 157 Å². The van der Waals surface area contributed by atoms with Crippen molar-refractivity contribution in [2.75, 3.05) is 7.05 Å². The van der Waals surface area contributed by atoms with Gasteiger partial charge in [-0.3, -0.25) is 9.59 Å². The normalized spacial score (nSPS) is 10.3. The van der Waals surface area contributed by atoms with Gasteiger partial charge in [0, 0.05) is 25.4 Å². The molecule has 0 aliphatic carbocycles. The van der Waals surface area contributed by atoms with Gasteiger partial charge in [0.2, 0.25) is 11.8 Å². The molecule has 0 bridgehead atoms. The second-order valence-electron chi connectivity index (χ2n) is 6.00. The predicted octanol–water partition coefficient (Wildman–Crippen LogP) is 3.25. The summed E-state index contributed by atoms with van der Waals surface area (Å²) in [7, 11) is 1.68. The van der Waals surface area contributed by atoms with Crippen LogP contribution in [0.25, 0.3) is 0 Å². The molecule has 2 aromatic carbocycles. The van der Waals surface area contributed by atoms with Gasteiger partial charge in [-0.2, -0.15) is 0 Å². The Kier molecular flexibility index (Phi) is 5.47. The van der Waals surface area contributed by atoms with Crippen LogP contribution in [-0.2, 0) is 6.54 Å². The maximum atomic E-state index is 12.9. The number of ether oxygens (including phenoxy) is 1. The van der Waals surface area contributed by atoms with Crippen molar-refractivity contribution in [1.29, 1.82) is 0 Å². The van der Waals surface area contributed by atoms with Gasteiger partial charge >= 0.3 is 0 Å². The van der Waals surface area contributed by atoms with E-state index in [1.807, 2.05) is 24.3 Å². The Morgan fingerprint density at radius 2 is 1.81 bits per heavy atom. The van der Waals surface area contributed by atoms with E-state index in [-0.39, 0.29) is 11.8 Å². The number of rotatable bonds is 6. The highest BCUT2D eigenvalue weighted by molar-refractivity contribution is 5.96. The molecule has 3 rings (SSSR count). The molecule has 0 spiro atoms. The molecule has 0 radical (unpaired) electrons. The summed E-state index contributed by atoms with van der Waals surface area (Å²) in [5.74, 6) is 0.101. The SMILES string of the molecule is CN(Cc1cccc(C(N)=O)c1)C(=O)c1cccnc1Oc1ccccc1. The van der Waals surface area contributed by atoms with Crippen LogP contribution in [0.3, 0.4) is 0 Å². The number of primary amides is 1. The Hall–Kier alpha value is -3.67. The van der Waals surface area contributed by atoms with Crippen molar-refractivity contribution in [3.8, 4) is 11.6 Å². The predicted molar refractivity (Wildman–Crippen MR) is 102 cm³/mol. The molecular formula is C21H19N3O3. The molecule has 27 heavy (non-hydrogen) atoms. The number of carbonyl (C=O) groups is 2. The second kappa shape index (κ2) is 8.14. The molecular weight excluding hydrogens is 342 g/mol. The van der Waals surface area contributed by atoms with Crippen LogP contribution in [0.4, 0.5) is 0 Å². The van der Waals surface area contributed by atoms with Crippen LogP contribution in [-0.4, -0.2) is 28.7 Å². The fourth-order valence-corrected chi connectivity index (χ4v) is 2.61. The molecule has 2 amide bonds. The minimum Gasteiger partial charge on any atom is -0.438 e. The van der Waals surface area contributed by atoms with Crippen LogP contribution < -0.4 is 10.5 Å². The summed E-state index contributed by atoms with van der Waals surface area (Å²) in [6.45, 7) is 0.319. The van der Waals surface area contributed by atoms with E-state index in [1.165, 1.54) is 4.90 Å². The van der Waals surface area contributed by atoms with Crippen LogP contribution >= 0.6 is 0 Å². The number of amides is 2. The third kappa shape index (κ3) is 4.49. The molecule has 2 N–H and O–H groups in total. The number of nitrogens with two attached hydrogens (primary N) is 1. The van der Waals surface area contributed by atoms with Crippen LogP contribution in [0.2, 0.25) is 0 Å². The lowest BCUT2D eigenvalue weighted by molar-refractivity contribution is 0.0781. The highest BCUT2D eigenvalue weighted by Crippen LogP contribution is 2.24. The van der Waals surface area contributed by atoms with Gasteiger partial charge in [0.05, 0.1) is 0 Å². The van der Waals surface area contributed by atoms with E-state index >= 15 is 0 Å². The quantitative estimate of drug-likeness (QED) is 0.730. The molecule has 0 unspecified atom stereocenters. The maximum Gasteiger partial charge on any atom is 0.259 e. The highest BCUT2D eigenvalue weighted by atomic mass is 16.5. The van der Waals surface area contributed by atoms with E-state index in [1.54, 1.807) is 55.7 Å². The zero-order chi connectivity index (χ0) is 19.2. The van der Waals surface area contributed by atoms with Crippen LogP contribution in [0, 0.1) is 0 Å². The summed E-state index contributed by atoms with van der Waals surface area (Å²) < 4.78 is 5.76. The van der Waals surface area contributed by atoms with Gasteiger partial charge in [0.1, 0.15) is 11.3 Å². The minimum absolute atomic E-state index is 0.237. The van der Waals surface area contributed by atoms with Crippen molar-refractivity contribution in [1.82, 2.24) is 9.88 Å². The zero-order valence-corrected chi connectivity index (χ0v) is 14.8. The Bertz CT molecular complexity index is 958. The molecule has 6 nitrogen and oxygen atoms in total. The molecule has 0 aliphatic heterocycles. The molecule has 0 saturated heterocycles. The fraction of sp³-hybridized carbons (Fsp3) is 0.0952. The lowest BCUT2D eigenvalue weighted by Crippen LogP contribution is -2.27. The Morgan fingerprint density at radius 1 is 1.04 bits per heavy atom. The van der Waals surface area contributed by atoms with E-state index < -0.39 is 5.91 Å². The van der Waals surface area contributed by atoms with Gasteiger partial charge < -0.3 is 15.4 Å². The van der Waals surface area contributed by atoms with Crippen LogP contribution in [0.15, 0.2) is 72.9 Å². The van der Waals surface area contributed by atoms with Crippen molar-refractivity contribution in [2.45, 2.75) is 6.54 Å². The molecule has 0 fully saturated rings. The molecule has 0 saturated carbocycles. The summed E-state index contributed by atoms with van der Waals surface area (Å²) in [5.41, 5.74) is 6.88. The zero-order valence-electron chi connectivity index (χ0n) is 14.8. The first kappa shape index (κ1) is 18.1. The van der Waals surface area contributed by atoms with Gasteiger partial charge in [0.25, 0.3) is 5.91 Å². The number of nitrogens with zero attached hydrogens (tertiary/aromatic N) is 2. The van der Waals surface area contributed by atoms with Gasteiger partial charge in [-0.1, -0.05) is 30.3 Å². The fourth-order valence-electron chi connectivity index (χ4n) is 2.61. The van der Waals surface area contributed by atoms with E-state index in [9.17, 15) is 9.59 Å². The molecule has 136 valence electrons. The molecule has 3 aromatic rings. The number of para-hydroxylation sites is 1. The summed E-state index contributed by atoms with van der Waals surface area (Å²) in [5, 5.41) is 0. The Morgan fingerprint density at radius 3 is 2.56 bits per heavy atom. The van der Waals surface area contributed by atoms with E-state index in [0.29, 0.717) is 23.4 Å². The average Bonchev–Trinajstić information content (AvgIpc) is 2.69. The highest BCUT2D eigenvalue weighted by Gasteiger charge is 2.18. The summed E-state index contributed by atoms with van der Waals surface area (Å²) in [6.07, 6.45) is 1.57. The molecule has 1 aromatic heterocycles. The number of pyridine rings is 1. The third-order valence-electron chi connectivity index (χ3n) is 3.94. The van der Waals surface area contributed by atoms with Gasteiger partial charge in [-0.25, -0.2) is 4.98 Å². The van der Waals surface area contributed by atoms with Crippen molar-refractivity contribution in [3.05, 3.63) is 89.6 Å². The van der Waals surface area contributed by atoms with Crippen molar-refractivity contribution >= 4 is 11.8 Å². The average molecular weight is 361 g/mol. The number of aromatic nitrogens is 1. The van der Waals surface area contributed by atoms with E-state index in [0.717, 1.165) is 5.56 Å². The van der Waals surface area contributed by atoms with E-state index in [2.05, 4.69) is 4.98 Å². The molecule has 6 heteroatoms. The lowest BCUT2D eigenvalue weighted by atomic mass is 10.1. The number of benzene rings is 2. The number of hydrogen-bond acceptors (Lipinski definition) is 4. The first-order chi connectivity index (χ1) is 13.0. The van der Waals surface area contributed by atoms with Gasteiger partial charge in [0.15, 0.2) is 0 Å². The minimum atomic E-state index is -0.503. The summed E-state index contributed by atoms with van der Waals surface area (Å²) in [4.78, 5) is 30.0. The van der Waals surface area contributed by atoms with Crippen LogP contribution in [0.1, 0.15) is 26.3 Å². The van der Waals surface area contributed by atoms with Crippen molar-refractivity contribution < 1.29 is 14.3 Å². The molecule has 0 aliphatic rings. The Balaban J connectivity index is 1.79. The maximum absolute atomic E-state index is 12.9. The summed E-state index contributed by atoms with van der Waals surface area (Å²) >= 11 is 0. The van der Waals surface area contributed by atoms with E-state index in [4.69, 9.17) is 10.5 Å². The third-order valence-corrected chi connectivity index (χ3v) is 3.94. The second-order valence-corrected chi connectivity index (χ2v) is 6.00. The molecule has 1 heterocycles. The molecule has 0 atom stereocenters. The van der Waals surface area contributed by atoms with Crippen LogP contribution in [0.5, 0.6) is 11.6 Å². The lowest BCUT2D eigenvalue weighted by Gasteiger charge is -2.19. The monoisotopic (exact) mass is 361 g/mol. The summed E-state index contributed by atoms with van der Waals surface area (Å²) in [6, 6.07) is 19.4. The largest absolute Gasteiger partial charge is 0.438 e. The standard InChI is InChI=1S/C21H19N3O3/c1-24(14-15-7-5-8-16(13-15)19(22)25)21(26)18-11-6-12-23-20(18)27-17-9-3-2-4-10-17/h2-13H,14H2,1H3,(H2,22,25). The topological polar surface area (TPSA) is 85.5 Å². The first-order valence-corrected chi connectivity index (χ1v) is 8.36.